The van der Waals surface area contributed by atoms with Gasteiger partial charge in [-0.05, 0) is 25.4 Å². The highest BCUT2D eigenvalue weighted by Crippen LogP contribution is 2.33. The minimum absolute atomic E-state index is 0.126. The van der Waals surface area contributed by atoms with Crippen LogP contribution in [-0.4, -0.2) is 16.8 Å². The van der Waals surface area contributed by atoms with Crippen LogP contribution in [0.3, 0.4) is 0 Å². The van der Waals surface area contributed by atoms with Crippen molar-refractivity contribution in [3.63, 3.8) is 0 Å². The summed E-state index contributed by atoms with van der Waals surface area (Å²) in [6.07, 6.45) is 1.90. The lowest BCUT2D eigenvalue weighted by atomic mass is 10.1. The molecule has 0 spiro atoms. The molecule has 2 heterocycles. The second-order valence-corrected chi connectivity index (χ2v) is 5.02. The molecule has 0 saturated carbocycles. The van der Waals surface area contributed by atoms with Crippen LogP contribution >= 0.6 is 22.9 Å². The normalized spacial score (nSPS) is 13.0. The summed E-state index contributed by atoms with van der Waals surface area (Å²) < 4.78 is 1.88. The number of aryl methyl sites for hydroxylation is 1. The highest BCUT2D eigenvalue weighted by molar-refractivity contribution is 7.10. The van der Waals surface area contributed by atoms with Crippen LogP contribution in [0.15, 0.2) is 17.6 Å². The zero-order chi connectivity index (χ0) is 11.7. The van der Waals surface area contributed by atoms with E-state index in [1.54, 1.807) is 11.3 Å². The van der Waals surface area contributed by atoms with Crippen molar-refractivity contribution in [3.8, 4) is 0 Å². The van der Waals surface area contributed by atoms with E-state index < -0.39 is 0 Å². The Hall–Kier alpha value is -0.840. The van der Waals surface area contributed by atoms with E-state index >= 15 is 0 Å². The quantitative estimate of drug-likeness (QED) is 0.914. The molecule has 0 saturated heterocycles. The fourth-order valence-electron chi connectivity index (χ4n) is 1.74. The predicted molar refractivity (Wildman–Crippen MR) is 68.2 cm³/mol. The second-order valence-electron chi connectivity index (χ2n) is 3.66. The Bertz CT molecular complexity index is 489. The summed E-state index contributed by atoms with van der Waals surface area (Å²) in [7, 11) is 3.88. The molecular weight excluding hydrogens is 242 g/mol. The van der Waals surface area contributed by atoms with E-state index in [1.165, 1.54) is 5.56 Å². The highest BCUT2D eigenvalue weighted by atomic mass is 35.5. The van der Waals surface area contributed by atoms with Gasteiger partial charge in [0.05, 0.1) is 17.3 Å². The van der Waals surface area contributed by atoms with E-state index in [1.807, 2.05) is 36.4 Å². The van der Waals surface area contributed by atoms with E-state index in [0.717, 1.165) is 15.6 Å². The number of aromatic nitrogens is 2. The molecule has 0 aromatic carbocycles. The maximum Gasteiger partial charge on any atom is 0.0717 e. The van der Waals surface area contributed by atoms with Crippen molar-refractivity contribution < 1.29 is 0 Å². The van der Waals surface area contributed by atoms with Crippen LogP contribution in [0.5, 0.6) is 0 Å². The maximum atomic E-state index is 6.17. The zero-order valence-corrected chi connectivity index (χ0v) is 11.1. The average Bonchev–Trinajstić information content (AvgIpc) is 2.81. The van der Waals surface area contributed by atoms with Gasteiger partial charge in [-0.25, -0.2) is 0 Å². The largest absolute Gasteiger partial charge is 0.309 e. The van der Waals surface area contributed by atoms with Gasteiger partial charge in [0.15, 0.2) is 0 Å². The Morgan fingerprint density at radius 1 is 1.56 bits per heavy atom. The van der Waals surface area contributed by atoms with E-state index in [-0.39, 0.29) is 6.04 Å². The van der Waals surface area contributed by atoms with Crippen LogP contribution in [0.1, 0.15) is 22.2 Å². The standard InChI is InChI=1S/C11H14ClN3S/c1-7-8(6-14-15(7)3)10(13-2)11-9(12)4-5-16-11/h4-6,10,13H,1-3H3. The fourth-order valence-corrected chi connectivity index (χ4v) is 3.03. The van der Waals surface area contributed by atoms with Crippen LogP contribution in [-0.2, 0) is 7.05 Å². The summed E-state index contributed by atoms with van der Waals surface area (Å²) in [6, 6.07) is 2.05. The Balaban J connectivity index is 2.45. The summed E-state index contributed by atoms with van der Waals surface area (Å²) in [5.74, 6) is 0. The van der Waals surface area contributed by atoms with Gasteiger partial charge in [-0.2, -0.15) is 5.10 Å². The van der Waals surface area contributed by atoms with Crippen molar-refractivity contribution in [1.29, 1.82) is 0 Å². The van der Waals surface area contributed by atoms with Gasteiger partial charge >= 0.3 is 0 Å². The Morgan fingerprint density at radius 3 is 2.75 bits per heavy atom. The second kappa shape index (κ2) is 4.57. The summed E-state index contributed by atoms with van der Waals surface area (Å²) in [6.45, 7) is 2.06. The topological polar surface area (TPSA) is 29.9 Å². The minimum atomic E-state index is 0.126. The third kappa shape index (κ3) is 1.88. The molecule has 2 rings (SSSR count). The first-order chi connectivity index (χ1) is 7.65. The lowest BCUT2D eigenvalue weighted by molar-refractivity contribution is 0.689. The van der Waals surface area contributed by atoms with Crippen molar-refractivity contribution in [3.05, 3.63) is 38.8 Å². The van der Waals surface area contributed by atoms with Crippen molar-refractivity contribution in [2.75, 3.05) is 7.05 Å². The number of hydrogen-bond acceptors (Lipinski definition) is 3. The molecular formula is C11H14ClN3S. The molecule has 1 N–H and O–H groups in total. The molecule has 0 bridgehead atoms. The van der Waals surface area contributed by atoms with Crippen LogP contribution in [0.2, 0.25) is 5.02 Å². The molecule has 3 nitrogen and oxygen atoms in total. The van der Waals surface area contributed by atoms with Gasteiger partial charge in [-0.15, -0.1) is 11.3 Å². The zero-order valence-electron chi connectivity index (χ0n) is 9.49. The van der Waals surface area contributed by atoms with E-state index in [2.05, 4.69) is 17.3 Å². The molecule has 2 aromatic rings. The van der Waals surface area contributed by atoms with Gasteiger partial charge in [0.2, 0.25) is 0 Å². The minimum Gasteiger partial charge on any atom is -0.309 e. The monoisotopic (exact) mass is 255 g/mol. The summed E-state index contributed by atoms with van der Waals surface area (Å²) in [5.41, 5.74) is 2.33. The summed E-state index contributed by atoms with van der Waals surface area (Å²) in [4.78, 5) is 1.14. The first-order valence-corrected chi connectivity index (χ1v) is 6.29. The molecule has 1 unspecified atom stereocenters. The predicted octanol–water partition coefficient (Wildman–Crippen LogP) is 2.75. The van der Waals surface area contributed by atoms with Crippen molar-refractivity contribution >= 4 is 22.9 Å². The molecule has 0 aliphatic rings. The molecule has 0 radical (unpaired) electrons. The highest BCUT2D eigenvalue weighted by Gasteiger charge is 2.20. The lowest BCUT2D eigenvalue weighted by Crippen LogP contribution is -2.17. The molecule has 0 aliphatic heterocycles. The van der Waals surface area contributed by atoms with E-state index in [4.69, 9.17) is 11.6 Å². The van der Waals surface area contributed by atoms with Crippen molar-refractivity contribution in [1.82, 2.24) is 15.1 Å². The number of halogens is 1. The molecule has 1 atom stereocenters. The van der Waals surface area contributed by atoms with Gasteiger partial charge in [0.25, 0.3) is 0 Å². The van der Waals surface area contributed by atoms with Crippen LogP contribution in [0, 0.1) is 6.92 Å². The number of hydrogen-bond donors (Lipinski definition) is 1. The smallest absolute Gasteiger partial charge is 0.0717 e. The molecule has 2 aromatic heterocycles. The molecule has 5 heteroatoms. The van der Waals surface area contributed by atoms with Gasteiger partial charge in [-0.3, -0.25) is 4.68 Å². The van der Waals surface area contributed by atoms with Crippen LogP contribution < -0.4 is 5.32 Å². The lowest BCUT2D eigenvalue weighted by Gasteiger charge is -2.15. The SMILES string of the molecule is CNC(c1cnn(C)c1C)c1sccc1Cl. The summed E-state index contributed by atoms with van der Waals surface area (Å²) in [5, 5.41) is 10.4. The van der Waals surface area contributed by atoms with Crippen molar-refractivity contribution in [2.24, 2.45) is 7.05 Å². The third-order valence-corrected chi connectivity index (χ3v) is 4.20. The number of rotatable bonds is 3. The Kier molecular flexibility index (Phi) is 3.33. The van der Waals surface area contributed by atoms with Crippen LogP contribution in [0.25, 0.3) is 0 Å². The molecule has 16 heavy (non-hydrogen) atoms. The van der Waals surface area contributed by atoms with Gasteiger partial charge in [0, 0.05) is 23.2 Å². The first-order valence-electron chi connectivity index (χ1n) is 5.03. The van der Waals surface area contributed by atoms with Crippen molar-refractivity contribution in [2.45, 2.75) is 13.0 Å². The first kappa shape index (κ1) is 11.6. The molecule has 0 amide bonds. The van der Waals surface area contributed by atoms with E-state index in [0.29, 0.717) is 0 Å². The number of thiophene rings is 1. The molecule has 86 valence electrons. The number of nitrogens with one attached hydrogen (secondary N) is 1. The number of nitrogens with zero attached hydrogens (tertiary/aromatic N) is 2. The Morgan fingerprint density at radius 2 is 2.31 bits per heavy atom. The van der Waals surface area contributed by atoms with Gasteiger partial charge < -0.3 is 5.32 Å². The third-order valence-electron chi connectivity index (χ3n) is 2.78. The Labute approximate surface area is 104 Å². The summed E-state index contributed by atoms with van der Waals surface area (Å²) >= 11 is 7.83. The van der Waals surface area contributed by atoms with Gasteiger partial charge in [-0.1, -0.05) is 11.6 Å². The van der Waals surface area contributed by atoms with E-state index in [9.17, 15) is 0 Å². The fraction of sp³-hybridized carbons (Fsp3) is 0.364. The average molecular weight is 256 g/mol. The molecule has 0 aliphatic carbocycles. The maximum absolute atomic E-state index is 6.17. The molecule has 0 fully saturated rings. The van der Waals surface area contributed by atoms with Crippen LogP contribution in [0.4, 0.5) is 0 Å². The van der Waals surface area contributed by atoms with Gasteiger partial charge in [0.1, 0.15) is 0 Å².